The van der Waals surface area contributed by atoms with Crippen LogP contribution in [-0.4, -0.2) is 37.3 Å². The number of hydrogen-bond acceptors (Lipinski definition) is 4. The third-order valence-electron chi connectivity index (χ3n) is 4.51. The lowest BCUT2D eigenvalue weighted by Crippen LogP contribution is -2.22. The molecule has 0 aliphatic carbocycles. The number of carbonyl (C=O) groups is 1. The van der Waals surface area contributed by atoms with E-state index in [0.717, 1.165) is 49.0 Å². The van der Waals surface area contributed by atoms with E-state index in [4.69, 9.17) is 9.47 Å². The van der Waals surface area contributed by atoms with Gasteiger partial charge in [0, 0.05) is 21.1 Å². The van der Waals surface area contributed by atoms with Gasteiger partial charge in [-0.05, 0) is 30.2 Å². The summed E-state index contributed by atoms with van der Waals surface area (Å²) in [7, 11) is 0.286. The zero-order valence-electron chi connectivity index (χ0n) is 17.2. The van der Waals surface area contributed by atoms with Gasteiger partial charge in [0.05, 0.1) is 24.6 Å². The average Bonchev–Trinajstić information content (AvgIpc) is 3.05. The highest BCUT2D eigenvalue weighted by Gasteiger charge is 2.15. The van der Waals surface area contributed by atoms with Crippen LogP contribution in [0.5, 0.6) is 0 Å². The van der Waals surface area contributed by atoms with Crippen molar-refractivity contribution in [2.24, 2.45) is 0 Å². The summed E-state index contributed by atoms with van der Waals surface area (Å²) in [4.78, 5) is 16.3. The van der Waals surface area contributed by atoms with Crippen LogP contribution in [0.3, 0.4) is 0 Å². The summed E-state index contributed by atoms with van der Waals surface area (Å²) in [5, 5.41) is 0. The number of benzene rings is 1. The molecule has 0 atom stereocenters. The number of hydrogen-bond donors (Lipinski definition) is 0. The molecule has 27 heavy (non-hydrogen) atoms. The second-order valence-electron chi connectivity index (χ2n) is 8.01. The Bertz CT molecular complexity index is 733. The van der Waals surface area contributed by atoms with E-state index in [1.807, 2.05) is 18.3 Å². The largest absolute Gasteiger partial charge is 0.465 e. The first-order valence-electron chi connectivity index (χ1n) is 9.66. The SMILES string of the molecule is CCCCc1ncc(-c2ccc(C(=O)OC)cc2)n1COCC[Si](C)(C)C. The Labute approximate surface area is 163 Å². The molecule has 0 spiro atoms. The highest BCUT2D eigenvalue weighted by molar-refractivity contribution is 6.76. The monoisotopic (exact) mass is 388 g/mol. The van der Waals surface area contributed by atoms with Crippen molar-refractivity contribution in [1.82, 2.24) is 9.55 Å². The molecule has 0 aliphatic rings. The molecule has 0 saturated carbocycles. The number of aryl methyl sites for hydroxylation is 1. The van der Waals surface area contributed by atoms with E-state index in [-0.39, 0.29) is 5.97 Å². The minimum absolute atomic E-state index is 0.326. The Morgan fingerprint density at radius 2 is 1.89 bits per heavy atom. The molecule has 0 fully saturated rings. The summed E-state index contributed by atoms with van der Waals surface area (Å²) in [5.41, 5.74) is 2.59. The van der Waals surface area contributed by atoms with Crippen LogP contribution in [0.15, 0.2) is 30.5 Å². The molecule has 0 N–H and O–H groups in total. The Morgan fingerprint density at radius 3 is 2.48 bits per heavy atom. The molecule has 2 aromatic rings. The molecule has 0 radical (unpaired) electrons. The van der Waals surface area contributed by atoms with Gasteiger partial charge in [-0.25, -0.2) is 9.78 Å². The normalized spacial score (nSPS) is 11.6. The fourth-order valence-electron chi connectivity index (χ4n) is 2.75. The second kappa shape index (κ2) is 9.85. The fourth-order valence-corrected chi connectivity index (χ4v) is 3.51. The van der Waals surface area contributed by atoms with E-state index in [0.29, 0.717) is 12.3 Å². The predicted octanol–water partition coefficient (Wildman–Crippen LogP) is 4.99. The minimum atomic E-state index is -1.11. The van der Waals surface area contributed by atoms with E-state index in [1.54, 1.807) is 12.1 Å². The van der Waals surface area contributed by atoms with Crippen LogP contribution in [0.25, 0.3) is 11.3 Å². The maximum atomic E-state index is 11.6. The number of imidazole rings is 1. The summed E-state index contributed by atoms with van der Waals surface area (Å²) in [5.74, 6) is 0.727. The number of carbonyl (C=O) groups excluding carboxylic acids is 1. The Morgan fingerprint density at radius 1 is 1.19 bits per heavy atom. The number of nitrogens with zero attached hydrogens (tertiary/aromatic N) is 2. The standard InChI is InChI=1S/C21H32N2O3Si/c1-6-7-8-20-22-15-19(23(20)16-26-13-14-27(3,4)5)17-9-11-18(12-10-17)21(24)25-2/h9-12,15H,6-8,13-14,16H2,1-5H3. The van der Waals surface area contributed by atoms with Crippen LogP contribution in [0.1, 0.15) is 35.9 Å². The highest BCUT2D eigenvalue weighted by Crippen LogP contribution is 2.23. The Kier molecular flexibility index (Phi) is 7.80. The van der Waals surface area contributed by atoms with Crippen LogP contribution in [0.4, 0.5) is 0 Å². The third-order valence-corrected chi connectivity index (χ3v) is 6.21. The zero-order chi connectivity index (χ0) is 19.9. The van der Waals surface area contributed by atoms with E-state index < -0.39 is 8.07 Å². The van der Waals surface area contributed by atoms with Gasteiger partial charge in [-0.15, -0.1) is 0 Å². The maximum Gasteiger partial charge on any atom is 0.337 e. The van der Waals surface area contributed by atoms with E-state index in [9.17, 15) is 4.79 Å². The molecule has 1 heterocycles. The second-order valence-corrected chi connectivity index (χ2v) is 13.6. The maximum absolute atomic E-state index is 11.6. The van der Waals surface area contributed by atoms with E-state index in [2.05, 4.69) is 36.1 Å². The summed E-state index contributed by atoms with van der Waals surface area (Å²) in [6, 6.07) is 8.60. The van der Waals surface area contributed by atoms with Gasteiger partial charge in [0.2, 0.25) is 0 Å². The highest BCUT2D eigenvalue weighted by atomic mass is 28.3. The van der Waals surface area contributed by atoms with Crippen molar-refractivity contribution in [3.05, 3.63) is 41.9 Å². The summed E-state index contributed by atoms with van der Waals surface area (Å²) in [6.45, 7) is 10.5. The first-order valence-corrected chi connectivity index (χ1v) is 13.4. The van der Waals surface area contributed by atoms with Gasteiger partial charge in [-0.3, -0.25) is 0 Å². The molecular weight excluding hydrogens is 356 g/mol. The van der Waals surface area contributed by atoms with E-state index >= 15 is 0 Å². The summed E-state index contributed by atoms with van der Waals surface area (Å²) >= 11 is 0. The van der Waals surface area contributed by atoms with Crippen molar-refractivity contribution in [3.63, 3.8) is 0 Å². The molecule has 0 amide bonds. The number of rotatable bonds is 10. The van der Waals surface area contributed by atoms with Crippen LogP contribution >= 0.6 is 0 Å². The minimum Gasteiger partial charge on any atom is -0.465 e. The zero-order valence-corrected chi connectivity index (χ0v) is 18.2. The molecule has 0 saturated heterocycles. The lowest BCUT2D eigenvalue weighted by Gasteiger charge is -2.17. The van der Waals surface area contributed by atoms with Gasteiger partial charge in [-0.1, -0.05) is 45.1 Å². The number of ether oxygens (including phenoxy) is 2. The predicted molar refractivity (Wildman–Crippen MR) is 112 cm³/mol. The lowest BCUT2D eigenvalue weighted by atomic mass is 10.1. The number of esters is 1. The van der Waals surface area contributed by atoms with E-state index in [1.165, 1.54) is 7.11 Å². The quantitative estimate of drug-likeness (QED) is 0.327. The molecule has 148 valence electrons. The molecule has 0 aliphatic heterocycles. The van der Waals surface area contributed by atoms with Gasteiger partial charge in [-0.2, -0.15) is 0 Å². The lowest BCUT2D eigenvalue weighted by molar-refractivity contribution is 0.0600. The first-order chi connectivity index (χ1) is 12.9. The fraction of sp³-hybridized carbons (Fsp3) is 0.524. The summed E-state index contributed by atoms with van der Waals surface area (Å²) in [6.07, 6.45) is 5.08. The van der Waals surface area contributed by atoms with Gasteiger partial charge in [0.25, 0.3) is 0 Å². The molecule has 5 nitrogen and oxygen atoms in total. The Balaban J connectivity index is 2.19. The van der Waals surface area contributed by atoms with Crippen molar-refractivity contribution >= 4 is 14.0 Å². The molecule has 1 aromatic carbocycles. The number of methoxy groups -OCH3 is 1. The first kappa shape index (κ1) is 21.4. The molecule has 2 rings (SSSR count). The van der Waals surface area contributed by atoms with Crippen LogP contribution in [0.2, 0.25) is 25.7 Å². The van der Waals surface area contributed by atoms with Gasteiger partial charge in [0.1, 0.15) is 12.6 Å². The van der Waals surface area contributed by atoms with Crippen molar-refractivity contribution in [1.29, 1.82) is 0 Å². The van der Waals surface area contributed by atoms with Gasteiger partial charge in [0.15, 0.2) is 0 Å². The molecule has 0 unspecified atom stereocenters. The molecule has 6 heteroatoms. The average molecular weight is 389 g/mol. The van der Waals surface area contributed by atoms with Gasteiger partial charge < -0.3 is 14.0 Å². The molecule has 0 bridgehead atoms. The van der Waals surface area contributed by atoms with Crippen molar-refractivity contribution in [2.45, 2.75) is 58.6 Å². The van der Waals surface area contributed by atoms with Crippen molar-refractivity contribution in [3.8, 4) is 11.3 Å². The summed E-state index contributed by atoms with van der Waals surface area (Å²) < 4.78 is 12.9. The van der Waals surface area contributed by atoms with Crippen LogP contribution in [0, 0.1) is 0 Å². The van der Waals surface area contributed by atoms with Crippen molar-refractivity contribution < 1.29 is 14.3 Å². The molecular formula is C21H32N2O3Si. The topological polar surface area (TPSA) is 53.3 Å². The van der Waals surface area contributed by atoms with Crippen LogP contribution < -0.4 is 0 Å². The third kappa shape index (κ3) is 6.32. The smallest absolute Gasteiger partial charge is 0.337 e. The van der Waals surface area contributed by atoms with Crippen molar-refractivity contribution in [2.75, 3.05) is 13.7 Å². The number of aromatic nitrogens is 2. The Hall–Kier alpha value is -1.92. The van der Waals surface area contributed by atoms with Crippen LogP contribution in [-0.2, 0) is 22.6 Å². The molecule has 1 aromatic heterocycles. The van der Waals surface area contributed by atoms with Gasteiger partial charge >= 0.3 is 5.97 Å². The number of unbranched alkanes of at least 4 members (excludes halogenated alkanes) is 1.